The molecule has 9 nitrogen and oxygen atoms in total. The van der Waals surface area contributed by atoms with Crippen molar-refractivity contribution >= 4 is 17.6 Å². The summed E-state index contributed by atoms with van der Waals surface area (Å²) >= 11 is 0. The van der Waals surface area contributed by atoms with Crippen LogP contribution in [0.4, 0.5) is 10.6 Å². The zero-order valence-corrected chi connectivity index (χ0v) is 18.0. The molecule has 0 unspecified atom stereocenters. The molecule has 0 aromatic carbocycles. The Morgan fingerprint density at radius 3 is 2.70 bits per heavy atom. The van der Waals surface area contributed by atoms with Crippen molar-refractivity contribution in [1.29, 1.82) is 0 Å². The number of imidazole rings is 1. The van der Waals surface area contributed by atoms with E-state index in [4.69, 9.17) is 9.47 Å². The van der Waals surface area contributed by atoms with Gasteiger partial charge in [0.25, 0.3) is 0 Å². The van der Waals surface area contributed by atoms with Crippen molar-refractivity contribution in [3.63, 3.8) is 0 Å². The predicted octanol–water partition coefficient (Wildman–Crippen LogP) is 3.47. The first-order valence-electron chi connectivity index (χ1n) is 9.95. The molecule has 3 heterocycles. The third-order valence-corrected chi connectivity index (χ3v) is 4.50. The number of carbonyl (C=O) groups is 1. The van der Waals surface area contributed by atoms with Gasteiger partial charge in [-0.1, -0.05) is 0 Å². The van der Waals surface area contributed by atoms with E-state index in [9.17, 15) is 4.79 Å². The minimum atomic E-state index is -0.313. The maximum absolute atomic E-state index is 12.3. The van der Waals surface area contributed by atoms with E-state index in [2.05, 4.69) is 20.4 Å². The van der Waals surface area contributed by atoms with Gasteiger partial charge in [-0.15, -0.1) is 5.10 Å². The average Bonchev–Trinajstić information content (AvgIpc) is 3.13. The van der Waals surface area contributed by atoms with E-state index in [-0.39, 0.29) is 18.2 Å². The quantitative estimate of drug-likeness (QED) is 0.605. The fourth-order valence-corrected chi connectivity index (χ4v) is 3.04. The summed E-state index contributed by atoms with van der Waals surface area (Å²) in [6.45, 7) is 8.64. The third kappa shape index (κ3) is 4.79. The molecule has 0 aliphatic rings. The highest BCUT2D eigenvalue weighted by atomic mass is 16.6. The molecular formula is C21H28N6O3. The molecule has 3 aromatic heterocycles. The fraction of sp³-hybridized carbons (Fsp3) is 0.429. The summed E-state index contributed by atoms with van der Waals surface area (Å²) in [6.07, 6.45) is 4.66. The number of pyridine rings is 1. The van der Waals surface area contributed by atoms with Crippen molar-refractivity contribution in [2.75, 3.05) is 25.5 Å². The van der Waals surface area contributed by atoms with E-state index in [0.29, 0.717) is 24.7 Å². The fourth-order valence-electron chi connectivity index (χ4n) is 3.04. The van der Waals surface area contributed by atoms with Crippen LogP contribution in [0.2, 0.25) is 0 Å². The van der Waals surface area contributed by atoms with Crippen molar-refractivity contribution in [2.24, 2.45) is 0 Å². The van der Waals surface area contributed by atoms with Gasteiger partial charge < -0.3 is 19.7 Å². The molecule has 3 rings (SSSR count). The number of amides is 1. The van der Waals surface area contributed by atoms with Crippen LogP contribution in [-0.2, 0) is 4.74 Å². The molecule has 1 N–H and O–H groups in total. The van der Waals surface area contributed by atoms with Gasteiger partial charge in [0.1, 0.15) is 11.6 Å². The second kappa shape index (κ2) is 9.43. The van der Waals surface area contributed by atoms with Gasteiger partial charge in [0.05, 0.1) is 31.3 Å². The molecule has 0 saturated carbocycles. The Morgan fingerprint density at radius 1 is 1.20 bits per heavy atom. The Kier molecular flexibility index (Phi) is 6.71. The number of fused-ring (bicyclic) bond motifs is 1. The second-order valence-corrected chi connectivity index (χ2v) is 7.35. The van der Waals surface area contributed by atoms with E-state index in [0.717, 1.165) is 16.9 Å². The number of hydrogen-bond acceptors (Lipinski definition) is 7. The highest BCUT2D eigenvalue weighted by Crippen LogP contribution is 2.29. The lowest BCUT2D eigenvalue weighted by atomic mass is 10.2. The van der Waals surface area contributed by atoms with Crippen LogP contribution < -0.4 is 10.1 Å². The molecule has 0 fully saturated rings. The SMILES string of the molecule is COc1cnccc1-c1cnc2ccc(NCCN(C(=O)OC(C)C)C(C)C)nn12. The number of carbonyl (C=O) groups excluding carboxylic acids is 1. The van der Waals surface area contributed by atoms with Gasteiger partial charge in [-0.25, -0.2) is 14.3 Å². The van der Waals surface area contributed by atoms with E-state index in [1.54, 1.807) is 35.1 Å². The van der Waals surface area contributed by atoms with Gasteiger partial charge in [0.2, 0.25) is 0 Å². The van der Waals surface area contributed by atoms with Gasteiger partial charge in [-0.3, -0.25) is 4.98 Å². The summed E-state index contributed by atoms with van der Waals surface area (Å²) in [4.78, 5) is 22.5. The maximum atomic E-state index is 12.3. The van der Waals surface area contributed by atoms with Crippen LogP contribution in [0, 0.1) is 0 Å². The molecule has 9 heteroatoms. The van der Waals surface area contributed by atoms with Crippen molar-refractivity contribution in [3.05, 3.63) is 36.8 Å². The molecule has 1 amide bonds. The summed E-state index contributed by atoms with van der Waals surface area (Å²) in [5.74, 6) is 1.33. The normalized spacial score (nSPS) is 11.2. The van der Waals surface area contributed by atoms with E-state index >= 15 is 0 Å². The molecule has 0 aliphatic carbocycles. The summed E-state index contributed by atoms with van der Waals surface area (Å²) in [5, 5.41) is 7.93. The topological polar surface area (TPSA) is 93.9 Å². The van der Waals surface area contributed by atoms with E-state index in [1.165, 1.54) is 0 Å². The number of aromatic nitrogens is 4. The summed E-state index contributed by atoms with van der Waals surface area (Å²) in [5.41, 5.74) is 2.38. The summed E-state index contributed by atoms with van der Waals surface area (Å²) < 4.78 is 12.5. The van der Waals surface area contributed by atoms with Crippen LogP contribution in [0.25, 0.3) is 16.9 Å². The second-order valence-electron chi connectivity index (χ2n) is 7.35. The molecule has 0 spiro atoms. The lowest BCUT2D eigenvalue weighted by Gasteiger charge is -2.27. The minimum Gasteiger partial charge on any atom is -0.494 e. The molecule has 0 aliphatic heterocycles. The van der Waals surface area contributed by atoms with Gasteiger partial charge in [-0.05, 0) is 45.9 Å². The van der Waals surface area contributed by atoms with Gasteiger partial charge in [-0.2, -0.15) is 0 Å². The van der Waals surface area contributed by atoms with Crippen molar-refractivity contribution < 1.29 is 14.3 Å². The Morgan fingerprint density at radius 2 is 2.00 bits per heavy atom. The third-order valence-electron chi connectivity index (χ3n) is 4.50. The number of anilines is 1. The Bertz CT molecular complexity index is 1000. The van der Waals surface area contributed by atoms with Gasteiger partial charge in [0, 0.05) is 30.9 Å². The maximum Gasteiger partial charge on any atom is 0.410 e. The molecule has 0 bridgehead atoms. The molecule has 3 aromatic rings. The molecule has 160 valence electrons. The molecule has 30 heavy (non-hydrogen) atoms. The van der Waals surface area contributed by atoms with E-state index in [1.807, 2.05) is 45.9 Å². The van der Waals surface area contributed by atoms with Crippen LogP contribution in [0.15, 0.2) is 36.8 Å². The van der Waals surface area contributed by atoms with Crippen LogP contribution in [-0.4, -0.2) is 62.9 Å². The lowest BCUT2D eigenvalue weighted by Crippen LogP contribution is -2.41. The summed E-state index contributed by atoms with van der Waals surface area (Å²) in [6, 6.07) is 5.65. The molecule has 0 radical (unpaired) electrons. The van der Waals surface area contributed by atoms with Gasteiger partial charge >= 0.3 is 6.09 Å². The number of rotatable bonds is 8. The highest BCUT2D eigenvalue weighted by molar-refractivity contribution is 5.69. The van der Waals surface area contributed by atoms with Crippen LogP contribution in [0.3, 0.4) is 0 Å². The standard InChI is InChI=1S/C21H28N6O3/c1-14(2)26(21(28)30-15(3)4)11-10-23-19-6-7-20-24-12-17(27(20)25-19)16-8-9-22-13-18(16)29-5/h6-9,12-15H,10-11H2,1-5H3,(H,23,25). The van der Waals surface area contributed by atoms with E-state index < -0.39 is 0 Å². The number of nitrogens with one attached hydrogen (secondary N) is 1. The lowest BCUT2D eigenvalue weighted by molar-refractivity contribution is 0.0693. The first kappa shape index (κ1) is 21.4. The number of ether oxygens (including phenoxy) is 2. The monoisotopic (exact) mass is 412 g/mol. The first-order valence-corrected chi connectivity index (χ1v) is 9.95. The van der Waals surface area contributed by atoms with Gasteiger partial charge in [0.15, 0.2) is 5.65 Å². The number of hydrogen-bond donors (Lipinski definition) is 1. The Labute approximate surface area is 176 Å². The molecule has 0 atom stereocenters. The predicted molar refractivity (Wildman–Crippen MR) is 115 cm³/mol. The highest BCUT2D eigenvalue weighted by Gasteiger charge is 2.19. The first-order chi connectivity index (χ1) is 14.4. The smallest absolute Gasteiger partial charge is 0.410 e. The van der Waals surface area contributed by atoms with Crippen LogP contribution >= 0.6 is 0 Å². The van der Waals surface area contributed by atoms with Crippen molar-refractivity contribution in [1.82, 2.24) is 24.5 Å². The minimum absolute atomic E-state index is 0.0351. The van der Waals surface area contributed by atoms with Crippen LogP contribution in [0.1, 0.15) is 27.7 Å². The zero-order chi connectivity index (χ0) is 21.7. The molecule has 0 saturated heterocycles. The number of nitrogens with zero attached hydrogens (tertiary/aromatic N) is 5. The Balaban J connectivity index is 1.75. The van der Waals surface area contributed by atoms with Crippen molar-refractivity contribution in [2.45, 2.75) is 39.8 Å². The molecular weight excluding hydrogens is 384 g/mol. The largest absolute Gasteiger partial charge is 0.494 e. The van der Waals surface area contributed by atoms with Crippen molar-refractivity contribution in [3.8, 4) is 17.0 Å². The summed E-state index contributed by atoms with van der Waals surface area (Å²) in [7, 11) is 1.61. The number of methoxy groups -OCH3 is 1. The Hall–Kier alpha value is -3.36. The van der Waals surface area contributed by atoms with Crippen LogP contribution in [0.5, 0.6) is 5.75 Å². The zero-order valence-electron chi connectivity index (χ0n) is 18.0. The average molecular weight is 412 g/mol.